The van der Waals surface area contributed by atoms with Crippen LogP contribution in [0.1, 0.15) is 220 Å². The lowest BCUT2D eigenvalue weighted by Gasteiger charge is -2.18. The first kappa shape index (κ1) is 61.8. The standard InChI is InChI=1S/C60H96O6/c1-4-7-10-13-16-19-22-25-28-30-32-35-38-41-44-47-50-53-59(62)65-56-57(55-64-58(61)52-49-46-43-40-37-34-27-24-21-18-15-12-9-6-3)66-60(63)54-51-48-45-42-39-36-33-31-29-26-23-20-17-14-11-8-5-2/h7,9-10,12,16,18-19,21,25-26,28-29,32-33,35-36,41-42,44-45,57H,4-6,8,11,13-15,17,20,22-24,27,30-31,34,37-40,43,46-56H2,1-3H3/b10-7-,12-9-,19-16-,21-18-,28-25-,29-26-,35-32-,36-33-,44-41-,45-42-. The van der Waals surface area contributed by atoms with E-state index in [4.69, 9.17) is 14.2 Å². The quantitative estimate of drug-likeness (QED) is 0.0262. The summed E-state index contributed by atoms with van der Waals surface area (Å²) in [5.74, 6) is -1.05. The molecular formula is C60H96O6. The van der Waals surface area contributed by atoms with Gasteiger partial charge in [0.1, 0.15) is 13.2 Å². The Balaban J connectivity index is 4.59. The van der Waals surface area contributed by atoms with E-state index in [1.807, 2.05) is 0 Å². The third-order valence-electron chi connectivity index (χ3n) is 10.7. The molecule has 0 radical (unpaired) electrons. The molecule has 0 aromatic rings. The van der Waals surface area contributed by atoms with Gasteiger partial charge in [0.2, 0.25) is 0 Å². The summed E-state index contributed by atoms with van der Waals surface area (Å²) < 4.78 is 16.7. The van der Waals surface area contributed by atoms with Crippen molar-refractivity contribution in [3.05, 3.63) is 122 Å². The maximum absolute atomic E-state index is 12.8. The van der Waals surface area contributed by atoms with Crippen LogP contribution in [0.5, 0.6) is 0 Å². The molecule has 372 valence electrons. The van der Waals surface area contributed by atoms with Gasteiger partial charge in [-0.25, -0.2) is 0 Å². The average Bonchev–Trinajstić information content (AvgIpc) is 3.31. The van der Waals surface area contributed by atoms with Gasteiger partial charge in [-0.05, 0) is 116 Å². The molecule has 0 rings (SSSR count). The van der Waals surface area contributed by atoms with Gasteiger partial charge in [0.05, 0.1) is 0 Å². The molecule has 1 unspecified atom stereocenters. The fraction of sp³-hybridized carbons (Fsp3) is 0.617. The second-order valence-corrected chi connectivity index (χ2v) is 17.0. The van der Waals surface area contributed by atoms with Crippen molar-refractivity contribution in [1.82, 2.24) is 0 Å². The number of esters is 3. The van der Waals surface area contributed by atoms with Gasteiger partial charge in [-0.3, -0.25) is 14.4 Å². The number of hydrogen-bond acceptors (Lipinski definition) is 6. The molecule has 0 aromatic carbocycles. The minimum atomic E-state index is -0.834. The maximum Gasteiger partial charge on any atom is 0.306 e. The van der Waals surface area contributed by atoms with Gasteiger partial charge in [0.25, 0.3) is 0 Å². The molecule has 0 aromatic heterocycles. The smallest absolute Gasteiger partial charge is 0.306 e. The van der Waals surface area contributed by atoms with Crippen molar-refractivity contribution in [2.75, 3.05) is 13.2 Å². The molecule has 0 aliphatic carbocycles. The van der Waals surface area contributed by atoms with E-state index in [1.54, 1.807) is 0 Å². The van der Waals surface area contributed by atoms with Gasteiger partial charge in [0, 0.05) is 19.3 Å². The van der Waals surface area contributed by atoms with Crippen molar-refractivity contribution in [1.29, 1.82) is 0 Å². The topological polar surface area (TPSA) is 78.9 Å². The molecule has 1 atom stereocenters. The van der Waals surface area contributed by atoms with Crippen molar-refractivity contribution in [3.63, 3.8) is 0 Å². The summed E-state index contributed by atoms with van der Waals surface area (Å²) in [6.07, 6.45) is 73.4. The summed E-state index contributed by atoms with van der Waals surface area (Å²) in [6, 6.07) is 0. The molecule has 6 nitrogen and oxygen atoms in total. The van der Waals surface area contributed by atoms with Crippen molar-refractivity contribution in [2.45, 2.75) is 226 Å². The molecule has 0 N–H and O–H groups in total. The van der Waals surface area contributed by atoms with Crippen LogP contribution in [0, 0.1) is 0 Å². The van der Waals surface area contributed by atoms with Crippen LogP contribution in [-0.2, 0) is 28.6 Å². The highest BCUT2D eigenvalue weighted by molar-refractivity contribution is 5.71. The Labute approximate surface area is 405 Å². The van der Waals surface area contributed by atoms with Crippen LogP contribution in [0.2, 0.25) is 0 Å². The van der Waals surface area contributed by atoms with Crippen LogP contribution < -0.4 is 0 Å². The monoisotopic (exact) mass is 913 g/mol. The Morgan fingerprint density at radius 3 is 0.985 bits per heavy atom. The normalized spacial score (nSPS) is 13.1. The molecule has 0 fully saturated rings. The zero-order chi connectivity index (χ0) is 47.9. The van der Waals surface area contributed by atoms with E-state index >= 15 is 0 Å². The minimum Gasteiger partial charge on any atom is -0.462 e. The minimum absolute atomic E-state index is 0.123. The van der Waals surface area contributed by atoms with Crippen LogP contribution in [0.15, 0.2) is 122 Å². The Bertz CT molecular complexity index is 1420. The van der Waals surface area contributed by atoms with E-state index in [2.05, 4.69) is 142 Å². The highest BCUT2D eigenvalue weighted by atomic mass is 16.6. The average molecular weight is 913 g/mol. The Morgan fingerprint density at radius 2 is 0.606 bits per heavy atom. The highest BCUT2D eigenvalue weighted by Gasteiger charge is 2.19. The molecule has 0 aliphatic heterocycles. The van der Waals surface area contributed by atoms with E-state index in [0.717, 1.165) is 96.3 Å². The first-order chi connectivity index (χ1) is 32.5. The number of carbonyl (C=O) groups is 3. The summed E-state index contributed by atoms with van der Waals surface area (Å²) >= 11 is 0. The number of rotatable bonds is 46. The molecule has 6 heteroatoms. The second-order valence-electron chi connectivity index (χ2n) is 17.0. The van der Waals surface area contributed by atoms with Gasteiger partial charge in [0.15, 0.2) is 6.10 Å². The van der Waals surface area contributed by atoms with E-state index in [0.29, 0.717) is 19.3 Å². The molecule has 0 heterocycles. The number of hydrogen-bond donors (Lipinski definition) is 0. The molecule has 0 amide bonds. The van der Waals surface area contributed by atoms with E-state index in [1.165, 1.54) is 70.6 Å². The second kappa shape index (κ2) is 53.4. The largest absolute Gasteiger partial charge is 0.462 e. The molecule has 0 aliphatic rings. The SMILES string of the molecule is CC/C=C\C/C=C\C/C=C\C/C=C\C/C=C\CCCC(=O)OCC(COC(=O)CCCCCCCCC/C=C\C/C=C\CC)OC(=O)CCC/C=C\C/C=C\C/C=C\CCCCCCCC. The Kier molecular flexibility index (Phi) is 50.0. The Hall–Kier alpha value is -4.19. The van der Waals surface area contributed by atoms with Gasteiger partial charge < -0.3 is 14.2 Å². The summed E-state index contributed by atoms with van der Waals surface area (Å²) in [4.78, 5) is 38.0. The number of allylic oxidation sites excluding steroid dienone is 20. The van der Waals surface area contributed by atoms with Gasteiger partial charge in [-0.15, -0.1) is 0 Å². The fourth-order valence-electron chi connectivity index (χ4n) is 6.77. The van der Waals surface area contributed by atoms with Gasteiger partial charge in [-0.2, -0.15) is 0 Å². The van der Waals surface area contributed by atoms with E-state index in [9.17, 15) is 14.4 Å². The lowest BCUT2D eigenvalue weighted by Crippen LogP contribution is -2.30. The molecule has 0 saturated carbocycles. The predicted molar refractivity (Wildman–Crippen MR) is 283 cm³/mol. The highest BCUT2D eigenvalue weighted by Crippen LogP contribution is 2.12. The third-order valence-corrected chi connectivity index (χ3v) is 10.7. The first-order valence-electron chi connectivity index (χ1n) is 26.5. The summed E-state index contributed by atoms with van der Waals surface area (Å²) in [5.41, 5.74) is 0. The van der Waals surface area contributed by atoms with E-state index in [-0.39, 0.29) is 44.0 Å². The molecule has 0 bridgehead atoms. The molecule has 66 heavy (non-hydrogen) atoms. The zero-order valence-corrected chi connectivity index (χ0v) is 42.4. The van der Waals surface area contributed by atoms with Crippen molar-refractivity contribution >= 4 is 17.9 Å². The molecule has 0 spiro atoms. The summed E-state index contributed by atoms with van der Waals surface area (Å²) in [7, 11) is 0. The van der Waals surface area contributed by atoms with Gasteiger partial charge in [-0.1, -0.05) is 206 Å². The third kappa shape index (κ3) is 50.8. The number of unbranched alkanes of at least 4 members (excludes halogenated alkanes) is 15. The molecular weight excluding hydrogens is 817 g/mol. The zero-order valence-electron chi connectivity index (χ0n) is 42.4. The van der Waals surface area contributed by atoms with Crippen LogP contribution in [0.25, 0.3) is 0 Å². The van der Waals surface area contributed by atoms with Crippen molar-refractivity contribution in [3.8, 4) is 0 Å². The first-order valence-corrected chi connectivity index (χ1v) is 26.5. The predicted octanol–water partition coefficient (Wildman–Crippen LogP) is 17.7. The van der Waals surface area contributed by atoms with E-state index < -0.39 is 6.10 Å². The number of carbonyl (C=O) groups excluding carboxylic acids is 3. The Morgan fingerprint density at radius 1 is 0.318 bits per heavy atom. The van der Waals surface area contributed by atoms with Crippen LogP contribution in [0.4, 0.5) is 0 Å². The lowest BCUT2D eigenvalue weighted by atomic mass is 10.1. The van der Waals surface area contributed by atoms with Gasteiger partial charge >= 0.3 is 17.9 Å². The maximum atomic E-state index is 12.8. The number of ether oxygens (including phenoxy) is 3. The summed E-state index contributed by atoms with van der Waals surface area (Å²) in [5, 5.41) is 0. The van der Waals surface area contributed by atoms with Crippen LogP contribution in [0.3, 0.4) is 0 Å². The summed E-state index contributed by atoms with van der Waals surface area (Å²) in [6.45, 7) is 6.30. The van der Waals surface area contributed by atoms with Crippen LogP contribution in [-0.4, -0.2) is 37.2 Å². The van der Waals surface area contributed by atoms with Crippen molar-refractivity contribution < 1.29 is 28.6 Å². The lowest BCUT2D eigenvalue weighted by molar-refractivity contribution is -0.167. The molecule has 0 saturated heterocycles. The fourth-order valence-corrected chi connectivity index (χ4v) is 6.77. The van der Waals surface area contributed by atoms with Crippen molar-refractivity contribution in [2.24, 2.45) is 0 Å². The van der Waals surface area contributed by atoms with Crippen LogP contribution >= 0.6 is 0 Å².